The van der Waals surface area contributed by atoms with Crippen molar-refractivity contribution in [2.24, 2.45) is 11.8 Å². The lowest BCUT2D eigenvalue weighted by molar-refractivity contribution is -0.154. The van der Waals surface area contributed by atoms with Gasteiger partial charge >= 0.3 is 11.9 Å². The van der Waals surface area contributed by atoms with E-state index in [1.165, 1.54) is 14.2 Å². The first-order chi connectivity index (χ1) is 13.1. The lowest BCUT2D eigenvalue weighted by Gasteiger charge is -2.37. The van der Waals surface area contributed by atoms with E-state index in [4.69, 9.17) is 9.47 Å². The summed E-state index contributed by atoms with van der Waals surface area (Å²) >= 11 is 0. The quantitative estimate of drug-likeness (QED) is 0.844. The summed E-state index contributed by atoms with van der Waals surface area (Å²) in [6.45, 7) is 0. The number of rotatable bonds is 4. The molecule has 2 fully saturated rings. The number of hydrogen-bond donors (Lipinski definition) is 1. The van der Waals surface area contributed by atoms with E-state index in [1.54, 1.807) is 0 Å². The fourth-order valence-corrected chi connectivity index (χ4v) is 5.06. The smallest absolute Gasteiger partial charge is 0.310 e. The van der Waals surface area contributed by atoms with Gasteiger partial charge in [0.25, 0.3) is 0 Å². The van der Waals surface area contributed by atoms with Gasteiger partial charge in [0.05, 0.1) is 37.1 Å². The molecule has 2 aliphatic heterocycles. The normalized spacial score (nSPS) is 31.5. The van der Waals surface area contributed by atoms with Crippen LogP contribution in [0.15, 0.2) is 60.7 Å². The van der Waals surface area contributed by atoms with Crippen LogP contribution in [0.5, 0.6) is 0 Å². The average Bonchev–Trinajstić information content (AvgIpc) is 3.28. The number of esters is 2. The summed E-state index contributed by atoms with van der Waals surface area (Å²) < 4.78 is 10.3. The lowest BCUT2D eigenvalue weighted by Crippen LogP contribution is -2.43. The molecule has 1 N–H and O–H groups in total. The van der Waals surface area contributed by atoms with E-state index >= 15 is 0 Å². The predicted octanol–water partition coefficient (Wildman–Crippen LogP) is 2.75. The molecule has 0 aromatic heterocycles. The third-order valence-corrected chi connectivity index (χ3v) is 6.24. The second kappa shape index (κ2) is 6.50. The fraction of sp³-hybridized carbons (Fsp3) is 0.364. The molecule has 2 aromatic carbocycles. The van der Waals surface area contributed by atoms with E-state index in [1.807, 2.05) is 60.7 Å². The molecular weight excluding hydrogens is 342 g/mol. The molecule has 0 saturated carbocycles. The first kappa shape index (κ1) is 17.7. The summed E-state index contributed by atoms with van der Waals surface area (Å²) in [5, 5.41) is 3.72. The van der Waals surface area contributed by atoms with Gasteiger partial charge in [0, 0.05) is 0 Å². The lowest BCUT2D eigenvalue weighted by atomic mass is 9.64. The number of ether oxygens (including phenoxy) is 2. The Morgan fingerprint density at radius 3 is 1.48 bits per heavy atom. The molecule has 0 amide bonds. The van der Waals surface area contributed by atoms with Crippen LogP contribution in [-0.4, -0.2) is 26.2 Å². The Balaban J connectivity index is 1.90. The van der Waals surface area contributed by atoms with E-state index in [9.17, 15) is 9.59 Å². The largest absolute Gasteiger partial charge is 0.469 e. The Bertz CT molecular complexity index is 782. The maximum atomic E-state index is 12.7. The zero-order valence-electron chi connectivity index (χ0n) is 15.5. The van der Waals surface area contributed by atoms with Gasteiger partial charge in [-0.15, -0.1) is 0 Å². The maximum Gasteiger partial charge on any atom is 0.310 e. The molecule has 0 spiro atoms. The van der Waals surface area contributed by atoms with E-state index in [2.05, 4.69) is 5.32 Å². The second-order valence-corrected chi connectivity index (χ2v) is 7.36. The number of carbonyl (C=O) groups excluding carboxylic acids is 2. The topological polar surface area (TPSA) is 64.6 Å². The molecule has 4 unspecified atom stereocenters. The van der Waals surface area contributed by atoms with Crippen molar-refractivity contribution in [3.8, 4) is 0 Å². The summed E-state index contributed by atoms with van der Waals surface area (Å²) in [4.78, 5) is 25.4. The third-order valence-electron chi connectivity index (χ3n) is 6.24. The standard InChI is InChI=1S/C22H23NO4/c1-26-19(24)17-13-22(16-11-7-4-8-12-16)18(20(25)27-2)14-21(17,23-22)15-9-5-3-6-10-15/h3-12,17-18,23H,13-14H2,1-2H3. The highest BCUT2D eigenvalue weighted by atomic mass is 16.5. The van der Waals surface area contributed by atoms with Gasteiger partial charge in [0.2, 0.25) is 0 Å². The minimum Gasteiger partial charge on any atom is -0.469 e. The van der Waals surface area contributed by atoms with E-state index < -0.39 is 11.1 Å². The number of carbonyl (C=O) groups is 2. The minimum absolute atomic E-state index is 0.257. The Hall–Kier alpha value is -2.66. The van der Waals surface area contributed by atoms with Gasteiger partial charge in [-0.2, -0.15) is 0 Å². The molecule has 5 nitrogen and oxygen atoms in total. The Morgan fingerprint density at radius 2 is 1.15 bits per heavy atom. The molecule has 140 valence electrons. The second-order valence-electron chi connectivity index (χ2n) is 7.36. The van der Waals surface area contributed by atoms with Crippen molar-refractivity contribution >= 4 is 11.9 Å². The van der Waals surface area contributed by atoms with Crippen LogP contribution in [0, 0.1) is 11.8 Å². The summed E-state index contributed by atoms with van der Waals surface area (Å²) in [6, 6.07) is 19.7. The zero-order valence-corrected chi connectivity index (χ0v) is 15.5. The van der Waals surface area contributed by atoms with Crippen LogP contribution in [0.3, 0.4) is 0 Å². The van der Waals surface area contributed by atoms with Crippen molar-refractivity contribution in [2.45, 2.75) is 23.9 Å². The van der Waals surface area contributed by atoms with Crippen LogP contribution < -0.4 is 5.32 Å². The SMILES string of the molecule is COC(=O)C1CC2(c3ccccc3)NC1(c1ccccc1)CC2C(=O)OC. The molecule has 2 aliphatic rings. The molecule has 4 atom stereocenters. The van der Waals surface area contributed by atoms with E-state index in [0.717, 1.165) is 11.1 Å². The molecule has 0 aliphatic carbocycles. The third kappa shape index (κ3) is 2.49. The molecule has 5 heteroatoms. The number of methoxy groups -OCH3 is 2. The van der Waals surface area contributed by atoms with Gasteiger partial charge in [0.1, 0.15) is 0 Å². The van der Waals surface area contributed by atoms with Crippen LogP contribution in [0.25, 0.3) is 0 Å². The summed E-state index contributed by atoms with van der Waals surface area (Å²) in [5.74, 6) is -1.28. The molecule has 4 rings (SSSR count). The summed E-state index contributed by atoms with van der Waals surface area (Å²) in [6.07, 6.45) is 0.969. The fourth-order valence-electron chi connectivity index (χ4n) is 5.06. The molecule has 27 heavy (non-hydrogen) atoms. The number of benzene rings is 2. The van der Waals surface area contributed by atoms with Gasteiger partial charge in [-0.25, -0.2) is 0 Å². The zero-order chi connectivity index (χ0) is 19.1. The first-order valence-corrected chi connectivity index (χ1v) is 9.13. The number of fused-ring (bicyclic) bond motifs is 2. The maximum absolute atomic E-state index is 12.7. The van der Waals surface area contributed by atoms with Gasteiger partial charge < -0.3 is 9.47 Å². The van der Waals surface area contributed by atoms with E-state index in [-0.39, 0.29) is 23.8 Å². The molecule has 2 aromatic rings. The van der Waals surface area contributed by atoms with Gasteiger partial charge in [0.15, 0.2) is 0 Å². The van der Waals surface area contributed by atoms with Crippen molar-refractivity contribution in [1.29, 1.82) is 0 Å². The molecule has 2 heterocycles. The summed E-state index contributed by atoms with van der Waals surface area (Å²) in [7, 11) is 2.83. The van der Waals surface area contributed by atoms with Crippen LogP contribution >= 0.6 is 0 Å². The molecule has 2 saturated heterocycles. The van der Waals surface area contributed by atoms with Gasteiger partial charge in [-0.3, -0.25) is 14.9 Å². The average molecular weight is 365 g/mol. The van der Waals surface area contributed by atoms with Crippen LogP contribution in [0.2, 0.25) is 0 Å². The highest BCUT2D eigenvalue weighted by Crippen LogP contribution is 2.61. The highest BCUT2D eigenvalue weighted by molar-refractivity contribution is 5.81. The van der Waals surface area contributed by atoms with Crippen LogP contribution in [0.4, 0.5) is 0 Å². The highest BCUT2D eigenvalue weighted by Gasteiger charge is 2.69. The van der Waals surface area contributed by atoms with Crippen molar-refractivity contribution in [1.82, 2.24) is 5.32 Å². The first-order valence-electron chi connectivity index (χ1n) is 9.13. The van der Waals surface area contributed by atoms with Crippen molar-refractivity contribution in [3.63, 3.8) is 0 Å². The van der Waals surface area contributed by atoms with Crippen molar-refractivity contribution < 1.29 is 19.1 Å². The monoisotopic (exact) mass is 365 g/mol. The molecule has 0 radical (unpaired) electrons. The van der Waals surface area contributed by atoms with Gasteiger partial charge in [-0.05, 0) is 24.0 Å². The van der Waals surface area contributed by atoms with E-state index in [0.29, 0.717) is 12.8 Å². The number of hydrogen-bond acceptors (Lipinski definition) is 5. The molecular formula is C22H23NO4. The Morgan fingerprint density at radius 1 is 0.778 bits per heavy atom. The summed E-state index contributed by atoms with van der Waals surface area (Å²) in [5.41, 5.74) is 0.653. The van der Waals surface area contributed by atoms with Crippen LogP contribution in [0.1, 0.15) is 24.0 Å². The Kier molecular flexibility index (Phi) is 4.27. The van der Waals surface area contributed by atoms with Gasteiger partial charge in [-0.1, -0.05) is 60.7 Å². The Labute approximate surface area is 158 Å². The van der Waals surface area contributed by atoms with Crippen LogP contribution in [-0.2, 0) is 30.1 Å². The minimum atomic E-state index is -0.664. The number of nitrogens with one attached hydrogen (secondary N) is 1. The van der Waals surface area contributed by atoms with Crippen molar-refractivity contribution in [3.05, 3.63) is 71.8 Å². The predicted molar refractivity (Wildman–Crippen MR) is 99.6 cm³/mol. The molecule has 2 bridgehead atoms. The van der Waals surface area contributed by atoms with Crippen molar-refractivity contribution in [2.75, 3.05) is 14.2 Å².